The second kappa shape index (κ2) is 6.63. The van der Waals surface area contributed by atoms with E-state index in [9.17, 15) is 5.11 Å². The van der Waals surface area contributed by atoms with Crippen molar-refractivity contribution in [3.63, 3.8) is 0 Å². The summed E-state index contributed by atoms with van der Waals surface area (Å²) in [6.45, 7) is 4.06. The van der Waals surface area contributed by atoms with Gasteiger partial charge in [0.15, 0.2) is 0 Å². The molecule has 3 nitrogen and oxygen atoms in total. The SMILES string of the molecule is Cc1cccc(C(CO)NCCN(C)C)c1. The first-order valence-corrected chi connectivity index (χ1v) is 5.69. The van der Waals surface area contributed by atoms with Gasteiger partial charge in [-0.15, -0.1) is 0 Å². The summed E-state index contributed by atoms with van der Waals surface area (Å²) in [6, 6.07) is 8.30. The second-order valence-electron chi connectivity index (χ2n) is 4.41. The number of likely N-dealkylation sites (N-methyl/N-ethyl adjacent to an activating group) is 1. The molecule has 1 atom stereocenters. The molecule has 0 aliphatic carbocycles. The van der Waals surface area contributed by atoms with Crippen molar-refractivity contribution in [1.82, 2.24) is 10.2 Å². The molecule has 0 spiro atoms. The second-order valence-corrected chi connectivity index (χ2v) is 4.41. The molecule has 2 N–H and O–H groups in total. The summed E-state index contributed by atoms with van der Waals surface area (Å²) in [4.78, 5) is 2.12. The normalized spacial score (nSPS) is 13.1. The number of hydrogen-bond acceptors (Lipinski definition) is 3. The Labute approximate surface area is 98.1 Å². The number of rotatable bonds is 6. The zero-order valence-electron chi connectivity index (χ0n) is 10.4. The van der Waals surface area contributed by atoms with Gasteiger partial charge in [-0.2, -0.15) is 0 Å². The molecule has 0 radical (unpaired) electrons. The Morgan fingerprint density at radius 2 is 2.12 bits per heavy atom. The number of aryl methyl sites for hydroxylation is 1. The van der Waals surface area contributed by atoms with E-state index in [0.29, 0.717) is 0 Å². The summed E-state index contributed by atoms with van der Waals surface area (Å²) in [5.41, 5.74) is 2.38. The molecule has 0 saturated carbocycles. The molecule has 1 aromatic carbocycles. The monoisotopic (exact) mass is 222 g/mol. The van der Waals surface area contributed by atoms with Gasteiger partial charge in [0.1, 0.15) is 0 Å². The third kappa shape index (κ3) is 4.31. The highest BCUT2D eigenvalue weighted by molar-refractivity contribution is 5.25. The number of aliphatic hydroxyl groups is 1. The lowest BCUT2D eigenvalue weighted by Gasteiger charge is -2.18. The molecule has 0 heterocycles. The molecule has 0 bridgehead atoms. The Morgan fingerprint density at radius 1 is 1.38 bits per heavy atom. The molecule has 1 rings (SSSR count). The summed E-state index contributed by atoms with van der Waals surface area (Å²) < 4.78 is 0. The van der Waals surface area contributed by atoms with E-state index in [1.54, 1.807) is 0 Å². The van der Waals surface area contributed by atoms with E-state index in [1.165, 1.54) is 5.56 Å². The fourth-order valence-corrected chi connectivity index (χ4v) is 1.64. The lowest BCUT2D eigenvalue weighted by molar-refractivity contribution is 0.240. The number of hydrogen-bond donors (Lipinski definition) is 2. The molecule has 1 aromatic rings. The van der Waals surface area contributed by atoms with Crippen LogP contribution in [0.4, 0.5) is 0 Å². The van der Waals surface area contributed by atoms with Crippen molar-refractivity contribution in [2.45, 2.75) is 13.0 Å². The van der Waals surface area contributed by atoms with E-state index in [-0.39, 0.29) is 12.6 Å². The van der Waals surface area contributed by atoms with E-state index in [4.69, 9.17) is 0 Å². The van der Waals surface area contributed by atoms with Gasteiger partial charge in [0.05, 0.1) is 12.6 Å². The molecule has 0 fully saturated rings. The minimum atomic E-state index is 0.0415. The van der Waals surface area contributed by atoms with E-state index in [1.807, 2.05) is 20.2 Å². The topological polar surface area (TPSA) is 35.5 Å². The van der Waals surface area contributed by atoms with Crippen molar-refractivity contribution in [2.75, 3.05) is 33.8 Å². The lowest BCUT2D eigenvalue weighted by atomic mass is 10.1. The third-order valence-corrected chi connectivity index (χ3v) is 2.58. The van der Waals surface area contributed by atoms with Crippen LogP contribution >= 0.6 is 0 Å². The van der Waals surface area contributed by atoms with Gasteiger partial charge >= 0.3 is 0 Å². The van der Waals surface area contributed by atoms with Crippen LogP contribution in [-0.2, 0) is 0 Å². The van der Waals surface area contributed by atoms with Crippen molar-refractivity contribution in [1.29, 1.82) is 0 Å². The smallest absolute Gasteiger partial charge is 0.0626 e. The highest BCUT2D eigenvalue weighted by atomic mass is 16.3. The maximum Gasteiger partial charge on any atom is 0.0626 e. The van der Waals surface area contributed by atoms with Gasteiger partial charge in [0.25, 0.3) is 0 Å². The first kappa shape index (κ1) is 13.2. The van der Waals surface area contributed by atoms with Crippen LogP contribution in [0.3, 0.4) is 0 Å². The fourth-order valence-electron chi connectivity index (χ4n) is 1.64. The van der Waals surface area contributed by atoms with Crippen LogP contribution in [-0.4, -0.2) is 43.8 Å². The maximum atomic E-state index is 9.36. The van der Waals surface area contributed by atoms with Gasteiger partial charge in [-0.1, -0.05) is 29.8 Å². The number of benzene rings is 1. The molecule has 0 aliphatic heterocycles. The Hall–Kier alpha value is -0.900. The first-order chi connectivity index (χ1) is 7.63. The first-order valence-electron chi connectivity index (χ1n) is 5.69. The molecule has 0 aliphatic rings. The number of nitrogens with zero attached hydrogens (tertiary/aromatic N) is 1. The van der Waals surface area contributed by atoms with Crippen LogP contribution in [0.1, 0.15) is 17.2 Å². The number of aliphatic hydroxyl groups excluding tert-OH is 1. The van der Waals surface area contributed by atoms with Gasteiger partial charge < -0.3 is 15.3 Å². The fraction of sp³-hybridized carbons (Fsp3) is 0.538. The summed E-state index contributed by atoms with van der Waals surface area (Å²) in [5.74, 6) is 0. The Morgan fingerprint density at radius 3 is 2.69 bits per heavy atom. The van der Waals surface area contributed by atoms with Gasteiger partial charge in [-0.25, -0.2) is 0 Å². The van der Waals surface area contributed by atoms with Gasteiger partial charge in [-0.3, -0.25) is 0 Å². The molecule has 90 valence electrons. The van der Waals surface area contributed by atoms with Crippen molar-refractivity contribution < 1.29 is 5.11 Å². The van der Waals surface area contributed by atoms with Crippen molar-refractivity contribution in [3.05, 3.63) is 35.4 Å². The molecule has 0 aromatic heterocycles. The van der Waals surface area contributed by atoms with Crippen LogP contribution in [0, 0.1) is 6.92 Å². The zero-order valence-corrected chi connectivity index (χ0v) is 10.4. The summed E-state index contributed by atoms with van der Waals surface area (Å²) in [6.07, 6.45) is 0. The van der Waals surface area contributed by atoms with E-state index in [2.05, 4.69) is 35.3 Å². The number of nitrogens with one attached hydrogen (secondary N) is 1. The molecule has 3 heteroatoms. The minimum Gasteiger partial charge on any atom is -0.394 e. The van der Waals surface area contributed by atoms with Gasteiger partial charge in [0, 0.05) is 13.1 Å². The molecule has 16 heavy (non-hydrogen) atoms. The Bertz CT molecular complexity index is 313. The van der Waals surface area contributed by atoms with Crippen molar-refractivity contribution >= 4 is 0 Å². The maximum absolute atomic E-state index is 9.36. The van der Waals surface area contributed by atoms with Crippen LogP contribution in [0.5, 0.6) is 0 Å². The van der Waals surface area contributed by atoms with E-state index >= 15 is 0 Å². The van der Waals surface area contributed by atoms with Crippen LogP contribution in [0.25, 0.3) is 0 Å². The lowest BCUT2D eigenvalue weighted by Crippen LogP contribution is -2.31. The largest absolute Gasteiger partial charge is 0.394 e. The highest BCUT2D eigenvalue weighted by Gasteiger charge is 2.09. The molecule has 1 unspecified atom stereocenters. The van der Waals surface area contributed by atoms with Crippen LogP contribution < -0.4 is 5.32 Å². The highest BCUT2D eigenvalue weighted by Crippen LogP contribution is 2.13. The molecular formula is C13H22N2O. The van der Waals surface area contributed by atoms with Crippen molar-refractivity contribution in [2.24, 2.45) is 0 Å². The third-order valence-electron chi connectivity index (χ3n) is 2.58. The molecule has 0 saturated heterocycles. The summed E-state index contributed by atoms with van der Waals surface area (Å²) >= 11 is 0. The van der Waals surface area contributed by atoms with E-state index < -0.39 is 0 Å². The predicted octanol–water partition coefficient (Wildman–Crippen LogP) is 1.18. The predicted molar refractivity (Wildman–Crippen MR) is 67.6 cm³/mol. The quantitative estimate of drug-likeness (QED) is 0.758. The Balaban J connectivity index is 2.53. The van der Waals surface area contributed by atoms with Crippen LogP contribution in [0.15, 0.2) is 24.3 Å². The van der Waals surface area contributed by atoms with Gasteiger partial charge in [0.2, 0.25) is 0 Å². The molecule has 0 amide bonds. The summed E-state index contributed by atoms with van der Waals surface area (Å²) in [5, 5.41) is 12.7. The van der Waals surface area contributed by atoms with Crippen molar-refractivity contribution in [3.8, 4) is 0 Å². The summed E-state index contributed by atoms with van der Waals surface area (Å²) in [7, 11) is 4.09. The Kier molecular flexibility index (Phi) is 5.46. The minimum absolute atomic E-state index is 0.0415. The standard InChI is InChI=1S/C13H22N2O/c1-11-5-4-6-12(9-11)13(10-16)14-7-8-15(2)3/h4-6,9,13-14,16H,7-8,10H2,1-3H3. The average Bonchev–Trinajstić information content (AvgIpc) is 2.24. The van der Waals surface area contributed by atoms with E-state index in [0.717, 1.165) is 18.7 Å². The van der Waals surface area contributed by atoms with Gasteiger partial charge in [-0.05, 0) is 26.6 Å². The zero-order chi connectivity index (χ0) is 12.0. The average molecular weight is 222 g/mol. The van der Waals surface area contributed by atoms with Crippen LogP contribution in [0.2, 0.25) is 0 Å². The molecular weight excluding hydrogens is 200 g/mol.